The number of aliphatic hydroxyl groups excluding tert-OH is 1. The summed E-state index contributed by atoms with van der Waals surface area (Å²) < 4.78 is 0. The molecule has 0 aliphatic carbocycles. The summed E-state index contributed by atoms with van der Waals surface area (Å²) in [5.41, 5.74) is 1.09. The van der Waals surface area contributed by atoms with Crippen LogP contribution in [-0.2, 0) is 0 Å². The summed E-state index contributed by atoms with van der Waals surface area (Å²) in [6.07, 6.45) is 3.48. The maximum absolute atomic E-state index is 11.8. The number of nitrogens with zero attached hydrogens (tertiary/aromatic N) is 2. The SMILES string of the molecule is O=C(Nc1cc(C#CCCO)ccn1)c1ccn[nH]1. The van der Waals surface area contributed by atoms with Crippen LogP contribution in [0.15, 0.2) is 30.6 Å². The molecule has 0 fully saturated rings. The first-order valence-corrected chi connectivity index (χ1v) is 5.66. The van der Waals surface area contributed by atoms with E-state index in [0.717, 1.165) is 5.56 Å². The number of carbonyl (C=O) groups excluding carboxylic acids is 1. The third-order valence-electron chi connectivity index (χ3n) is 2.22. The molecule has 6 heteroatoms. The van der Waals surface area contributed by atoms with E-state index in [0.29, 0.717) is 17.9 Å². The number of hydrogen-bond acceptors (Lipinski definition) is 4. The molecule has 0 radical (unpaired) electrons. The highest BCUT2D eigenvalue weighted by Crippen LogP contribution is 2.07. The standard InChI is InChI=1S/C13H12N4O2/c18-8-2-1-3-10-4-6-14-12(9-10)16-13(19)11-5-7-15-17-11/h4-7,9,18H,2,8H2,(H,15,17)(H,14,16,19). The van der Waals surface area contributed by atoms with Crippen molar-refractivity contribution in [2.75, 3.05) is 11.9 Å². The van der Waals surface area contributed by atoms with E-state index in [1.807, 2.05) is 0 Å². The fourth-order valence-electron chi connectivity index (χ4n) is 1.36. The highest BCUT2D eigenvalue weighted by atomic mass is 16.2. The molecular weight excluding hydrogens is 244 g/mol. The van der Waals surface area contributed by atoms with Crippen molar-refractivity contribution in [3.05, 3.63) is 41.9 Å². The summed E-state index contributed by atoms with van der Waals surface area (Å²) in [4.78, 5) is 15.8. The van der Waals surface area contributed by atoms with Crippen LogP contribution in [0.5, 0.6) is 0 Å². The fraction of sp³-hybridized carbons (Fsp3) is 0.154. The maximum atomic E-state index is 11.8. The minimum atomic E-state index is -0.314. The van der Waals surface area contributed by atoms with Gasteiger partial charge in [0.25, 0.3) is 5.91 Å². The fourth-order valence-corrected chi connectivity index (χ4v) is 1.36. The lowest BCUT2D eigenvalue weighted by Crippen LogP contribution is -2.13. The molecule has 0 bridgehead atoms. The number of aromatic nitrogens is 3. The van der Waals surface area contributed by atoms with E-state index in [2.05, 4.69) is 32.3 Å². The van der Waals surface area contributed by atoms with Crippen LogP contribution >= 0.6 is 0 Å². The van der Waals surface area contributed by atoms with Gasteiger partial charge in [0.2, 0.25) is 0 Å². The van der Waals surface area contributed by atoms with E-state index in [9.17, 15) is 4.79 Å². The van der Waals surface area contributed by atoms with Crippen LogP contribution in [-0.4, -0.2) is 32.8 Å². The third kappa shape index (κ3) is 3.66. The molecule has 6 nitrogen and oxygen atoms in total. The number of pyridine rings is 1. The Balaban J connectivity index is 2.07. The van der Waals surface area contributed by atoms with Crippen molar-refractivity contribution < 1.29 is 9.90 Å². The average molecular weight is 256 g/mol. The first kappa shape index (κ1) is 12.8. The molecule has 19 heavy (non-hydrogen) atoms. The summed E-state index contributed by atoms with van der Waals surface area (Å²) in [6, 6.07) is 4.97. The Kier molecular flexibility index (Phi) is 4.26. The van der Waals surface area contributed by atoms with Gasteiger partial charge in [0.1, 0.15) is 11.5 Å². The first-order chi connectivity index (χ1) is 9.29. The summed E-state index contributed by atoms with van der Waals surface area (Å²) >= 11 is 0. The predicted molar refractivity (Wildman–Crippen MR) is 69.4 cm³/mol. The average Bonchev–Trinajstić information content (AvgIpc) is 2.93. The molecule has 1 amide bonds. The van der Waals surface area contributed by atoms with Crippen LogP contribution < -0.4 is 5.32 Å². The molecule has 3 N–H and O–H groups in total. The van der Waals surface area contributed by atoms with Crippen molar-refractivity contribution in [2.45, 2.75) is 6.42 Å². The summed E-state index contributed by atoms with van der Waals surface area (Å²) in [6.45, 7) is 0.0293. The number of H-pyrrole nitrogens is 1. The van der Waals surface area contributed by atoms with Crippen LogP contribution in [0.1, 0.15) is 22.5 Å². The Morgan fingerprint density at radius 1 is 1.42 bits per heavy atom. The molecule has 0 aliphatic rings. The zero-order chi connectivity index (χ0) is 13.5. The molecule has 2 rings (SSSR count). The molecule has 0 saturated carbocycles. The highest BCUT2D eigenvalue weighted by molar-refractivity contribution is 6.02. The number of nitrogens with one attached hydrogen (secondary N) is 2. The Morgan fingerprint density at radius 2 is 2.32 bits per heavy atom. The molecule has 2 heterocycles. The van der Waals surface area contributed by atoms with Gasteiger partial charge in [0.05, 0.1) is 6.61 Å². The Hall–Kier alpha value is -2.65. The van der Waals surface area contributed by atoms with Gasteiger partial charge in [-0.2, -0.15) is 5.10 Å². The van der Waals surface area contributed by atoms with E-state index in [1.165, 1.54) is 6.20 Å². The van der Waals surface area contributed by atoms with Crippen LogP contribution in [0.3, 0.4) is 0 Å². The Bertz CT molecular complexity index is 611. The number of anilines is 1. The van der Waals surface area contributed by atoms with Gasteiger partial charge in [0.15, 0.2) is 0 Å². The molecule has 0 unspecified atom stereocenters. The second kappa shape index (κ2) is 6.33. The van der Waals surface area contributed by atoms with Gasteiger partial charge in [-0.3, -0.25) is 9.89 Å². The van der Waals surface area contributed by atoms with Crippen molar-refractivity contribution >= 4 is 11.7 Å². The quantitative estimate of drug-likeness (QED) is 0.708. The zero-order valence-corrected chi connectivity index (χ0v) is 10.1. The molecule has 0 aromatic carbocycles. The molecule has 2 aromatic heterocycles. The van der Waals surface area contributed by atoms with Gasteiger partial charge in [0, 0.05) is 24.4 Å². The van der Waals surface area contributed by atoms with Crippen molar-refractivity contribution in [3.63, 3.8) is 0 Å². The van der Waals surface area contributed by atoms with Crippen molar-refractivity contribution in [3.8, 4) is 11.8 Å². The van der Waals surface area contributed by atoms with Gasteiger partial charge in [-0.1, -0.05) is 11.8 Å². The van der Waals surface area contributed by atoms with Gasteiger partial charge in [-0.15, -0.1) is 0 Å². The molecule has 96 valence electrons. The van der Waals surface area contributed by atoms with E-state index in [1.54, 1.807) is 24.4 Å². The first-order valence-electron chi connectivity index (χ1n) is 5.66. The summed E-state index contributed by atoms with van der Waals surface area (Å²) in [7, 11) is 0. The molecule has 0 aliphatic heterocycles. The summed E-state index contributed by atoms with van der Waals surface area (Å²) in [5.74, 6) is 5.77. The normalized spacial score (nSPS) is 9.53. The number of aromatic amines is 1. The number of rotatable bonds is 3. The topological polar surface area (TPSA) is 90.9 Å². The lowest BCUT2D eigenvalue weighted by atomic mass is 10.2. The molecule has 0 saturated heterocycles. The second-order valence-electron chi connectivity index (χ2n) is 3.63. The van der Waals surface area contributed by atoms with Gasteiger partial charge < -0.3 is 10.4 Å². The van der Waals surface area contributed by atoms with Gasteiger partial charge in [-0.25, -0.2) is 4.98 Å². The van der Waals surface area contributed by atoms with Crippen molar-refractivity contribution in [1.29, 1.82) is 0 Å². The van der Waals surface area contributed by atoms with Crippen LogP contribution in [0.2, 0.25) is 0 Å². The monoisotopic (exact) mass is 256 g/mol. The van der Waals surface area contributed by atoms with Crippen molar-refractivity contribution in [2.24, 2.45) is 0 Å². The van der Waals surface area contributed by atoms with Crippen molar-refractivity contribution in [1.82, 2.24) is 15.2 Å². The number of hydrogen-bond donors (Lipinski definition) is 3. The third-order valence-corrected chi connectivity index (χ3v) is 2.22. The second-order valence-corrected chi connectivity index (χ2v) is 3.63. The van der Waals surface area contributed by atoms with E-state index >= 15 is 0 Å². The smallest absolute Gasteiger partial charge is 0.274 e. The molecule has 2 aromatic rings. The van der Waals surface area contributed by atoms with Gasteiger partial charge in [-0.05, 0) is 18.2 Å². The van der Waals surface area contributed by atoms with E-state index < -0.39 is 0 Å². The largest absolute Gasteiger partial charge is 0.395 e. The number of aliphatic hydroxyl groups is 1. The van der Waals surface area contributed by atoms with Crippen LogP contribution in [0, 0.1) is 11.8 Å². The minimum absolute atomic E-state index is 0.0293. The zero-order valence-electron chi connectivity index (χ0n) is 10.1. The van der Waals surface area contributed by atoms with Crippen LogP contribution in [0.4, 0.5) is 5.82 Å². The maximum Gasteiger partial charge on any atom is 0.274 e. The number of carbonyl (C=O) groups is 1. The minimum Gasteiger partial charge on any atom is -0.395 e. The van der Waals surface area contributed by atoms with Crippen LogP contribution in [0.25, 0.3) is 0 Å². The number of amides is 1. The Labute approximate surface area is 109 Å². The van der Waals surface area contributed by atoms with E-state index in [-0.39, 0.29) is 12.5 Å². The molecule has 0 atom stereocenters. The Morgan fingerprint density at radius 3 is 3.05 bits per heavy atom. The lowest BCUT2D eigenvalue weighted by molar-refractivity contribution is 0.102. The van der Waals surface area contributed by atoms with E-state index in [4.69, 9.17) is 5.11 Å². The highest BCUT2D eigenvalue weighted by Gasteiger charge is 2.07. The molecule has 0 spiro atoms. The lowest BCUT2D eigenvalue weighted by Gasteiger charge is -2.02. The van der Waals surface area contributed by atoms with Gasteiger partial charge >= 0.3 is 0 Å². The molecular formula is C13H12N4O2. The predicted octanol–water partition coefficient (Wildman–Crippen LogP) is 0.791. The summed E-state index contributed by atoms with van der Waals surface area (Å²) in [5, 5.41) is 17.5.